The number of nitrogens with one attached hydrogen (secondary N) is 1. The van der Waals surface area contributed by atoms with Crippen LogP contribution in [0.3, 0.4) is 0 Å². The van der Waals surface area contributed by atoms with Crippen LogP contribution >= 0.6 is 11.3 Å². The molecular weight excluding hydrogens is 386 g/mol. The van der Waals surface area contributed by atoms with Gasteiger partial charge in [-0.15, -0.1) is 15.3 Å². The third kappa shape index (κ3) is 3.05. The summed E-state index contributed by atoms with van der Waals surface area (Å²) in [5.74, 6) is -0.418. The molecule has 0 spiro atoms. The number of carboxylic acids is 1. The molecule has 7 nitrogen and oxygen atoms in total. The standard InChI is InChI=1S/C21H15N5O2S/c27-20(28)15-10-4-6-12-17(15)25-23-19(14-8-2-1-3-9-14)24-26(25)21-22-16-11-5-7-13-18(16)29-21/h1-13H,(H,23,24)(H,27,28). The molecule has 0 atom stereocenters. The molecule has 0 aliphatic carbocycles. The van der Waals surface area contributed by atoms with E-state index in [1.54, 1.807) is 34.5 Å². The molecule has 8 heteroatoms. The molecule has 0 amide bonds. The van der Waals surface area contributed by atoms with Crippen LogP contribution in [0.5, 0.6) is 0 Å². The number of hydrazine groups is 2. The Kier molecular flexibility index (Phi) is 4.10. The molecule has 0 fully saturated rings. The van der Waals surface area contributed by atoms with Gasteiger partial charge in [0.05, 0.1) is 15.8 Å². The molecule has 142 valence electrons. The Morgan fingerprint density at radius 2 is 1.66 bits per heavy atom. The van der Waals surface area contributed by atoms with Crippen LogP contribution in [0.4, 0.5) is 10.8 Å². The van der Waals surface area contributed by atoms with Crippen molar-refractivity contribution in [3.8, 4) is 0 Å². The molecule has 5 rings (SSSR count). The fourth-order valence-electron chi connectivity index (χ4n) is 3.10. The summed E-state index contributed by atoms with van der Waals surface area (Å²) in [5, 5.41) is 18.2. The molecule has 29 heavy (non-hydrogen) atoms. The monoisotopic (exact) mass is 401 g/mol. The molecule has 4 aromatic rings. The van der Waals surface area contributed by atoms with Crippen molar-refractivity contribution in [3.05, 3.63) is 90.0 Å². The number of hydrogen-bond donors (Lipinski definition) is 2. The van der Waals surface area contributed by atoms with Crippen LogP contribution < -0.4 is 15.7 Å². The number of aromatic nitrogens is 1. The van der Waals surface area contributed by atoms with Crippen LogP contribution in [0, 0.1) is 0 Å². The minimum atomic E-state index is -1.02. The lowest BCUT2D eigenvalue weighted by Gasteiger charge is -2.26. The molecule has 0 saturated carbocycles. The van der Waals surface area contributed by atoms with E-state index < -0.39 is 5.97 Å². The summed E-state index contributed by atoms with van der Waals surface area (Å²) < 4.78 is 1.03. The minimum absolute atomic E-state index is 0.151. The van der Waals surface area contributed by atoms with Gasteiger partial charge in [-0.25, -0.2) is 9.78 Å². The Bertz CT molecular complexity index is 1210. The van der Waals surface area contributed by atoms with Crippen LogP contribution in [-0.4, -0.2) is 21.9 Å². The predicted octanol–water partition coefficient (Wildman–Crippen LogP) is 4.10. The minimum Gasteiger partial charge on any atom is -0.478 e. The molecular formula is C21H15N5O2S. The normalized spacial score (nSPS) is 13.4. The maximum absolute atomic E-state index is 11.8. The first kappa shape index (κ1) is 17.2. The van der Waals surface area contributed by atoms with E-state index in [-0.39, 0.29) is 5.56 Å². The number of hydrogen-bond acceptors (Lipinski definition) is 7. The van der Waals surface area contributed by atoms with Crippen molar-refractivity contribution in [3.63, 3.8) is 0 Å². The lowest BCUT2D eigenvalue weighted by Crippen LogP contribution is -2.45. The van der Waals surface area contributed by atoms with E-state index in [1.807, 2.05) is 54.6 Å². The number of amidine groups is 1. The first-order chi connectivity index (χ1) is 14.2. The Balaban J connectivity index is 1.64. The van der Waals surface area contributed by atoms with Crippen molar-refractivity contribution in [2.45, 2.75) is 0 Å². The van der Waals surface area contributed by atoms with Crippen LogP contribution in [-0.2, 0) is 0 Å². The van der Waals surface area contributed by atoms with Crippen LogP contribution in [0.25, 0.3) is 10.2 Å². The zero-order valence-corrected chi connectivity index (χ0v) is 15.9. The highest BCUT2D eigenvalue weighted by atomic mass is 32.1. The molecule has 0 saturated heterocycles. The lowest BCUT2D eigenvalue weighted by atomic mass is 10.2. The smallest absolute Gasteiger partial charge is 0.337 e. The Hall–Kier alpha value is -3.91. The Labute approximate surface area is 170 Å². The maximum Gasteiger partial charge on any atom is 0.337 e. The van der Waals surface area contributed by atoms with Gasteiger partial charge in [0.25, 0.3) is 0 Å². The molecule has 2 heterocycles. The summed E-state index contributed by atoms with van der Waals surface area (Å²) in [6.07, 6.45) is 0. The second kappa shape index (κ2) is 6.92. The second-order valence-electron chi connectivity index (χ2n) is 6.31. The number of thiazole rings is 1. The van der Waals surface area contributed by atoms with Crippen molar-refractivity contribution in [2.75, 3.05) is 10.2 Å². The number of aromatic carboxylic acids is 1. The summed E-state index contributed by atoms with van der Waals surface area (Å²) in [7, 11) is 0. The number of hydrazone groups is 1. The highest BCUT2D eigenvalue weighted by Crippen LogP contribution is 2.33. The number of anilines is 2. The molecule has 2 N–H and O–H groups in total. The van der Waals surface area contributed by atoms with E-state index in [4.69, 9.17) is 4.98 Å². The summed E-state index contributed by atoms with van der Waals surface area (Å²) in [6, 6.07) is 24.3. The van der Waals surface area contributed by atoms with Crippen molar-refractivity contribution >= 4 is 44.2 Å². The quantitative estimate of drug-likeness (QED) is 0.536. The van der Waals surface area contributed by atoms with Crippen molar-refractivity contribution in [2.24, 2.45) is 5.10 Å². The highest BCUT2D eigenvalue weighted by Gasteiger charge is 2.31. The van der Waals surface area contributed by atoms with Gasteiger partial charge in [-0.05, 0) is 24.3 Å². The van der Waals surface area contributed by atoms with Crippen molar-refractivity contribution < 1.29 is 9.90 Å². The first-order valence-corrected chi connectivity index (χ1v) is 9.71. The van der Waals surface area contributed by atoms with E-state index in [9.17, 15) is 9.90 Å². The summed E-state index contributed by atoms with van der Waals surface area (Å²) in [6.45, 7) is 0. The third-order valence-electron chi connectivity index (χ3n) is 4.46. The first-order valence-electron chi connectivity index (χ1n) is 8.89. The average molecular weight is 401 g/mol. The van der Waals surface area contributed by atoms with Gasteiger partial charge in [0.1, 0.15) is 5.69 Å². The Morgan fingerprint density at radius 3 is 2.45 bits per heavy atom. The molecule has 1 aliphatic rings. The maximum atomic E-state index is 11.8. The zero-order valence-electron chi connectivity index (χ0n) is 15.1. The van der Waals surface area contributed by atoms with E-state index >= 15 is 0 Å². The zero-order chi connectivity index (χ0) is 19.8. The van der Waals surface area contributed by atoms with Crippen molar-refractivity contribution in [1.82, 2.24) is 10.4 Å². The van der Waals surface area contributed by atoms with Crippen LogP contribution in [0.15, 0.2) is 84.0 Å². The largest absolute Gasteiger partial charge is 0.478 e. The fourth-order valence-corrected chi connectivity index (χ4v) is 4.01. The molecule has 1 aromatic heterocycles. The number of fused-ring (bicyclic) bond motifs is 1. The number of carbonyl (C=O) groups is 1. The van der Waals surface area contributed by atoms with Crippen LogP contribution in [0.2, 0.25) is 0 Å². The summed E-state index contributed by atoms with van der Waals surface area (Å²) >= 11 is 1.49. The average Bonchev–Trinajstić information content (AvgIpc) is 3.38. The number of rotatable bonds is 4. The lowest BCUT2D eigenvalue weighted by molar-refractivity contribution is 0.0697. The Morgan fingerprint density at radius 1 is 0.931 bits per heavy atom. The van der Waals surface area contributed by atoms with Gasteiger partial charge in [-0.3, -0.25) is 5.43 Å². The predicted molar refractivity (Wildman–Crippen MR) is 114 cm³/mol. The van der Waals surface area contributed by atoms with E-state index in [1.165, 1.54) is 11.3 Å². The van der Waals surface area contributed by atoms with Gasteiger partial charge < -0.3 is 5.11 Å². The summed E-state index contributed by atoms with van der Waals surface area (Å²) in [4.78, 5) is 16.5. The van der Waals surface area contributed by atoms with Crippen LogP contribution in [0.1, 0.15) is 15.9 Å². The van der Waals surface area contributed by atoms with E-state index in [0.29, 0.717) is 16.7 Å². The molecule has 0 unspecified atom stereocenters. The molecule has 0 bridgehead atoms. The number of carboxylic acid groups (broad SMARTS) is 1. The number of nitrogens with zero attached hydrogens (tertiary/aromatic N) is 4. The summed E-state index contributed by atoms with van der Waals surface area (Å²) in [5.41, 5.74) is 5.61. The molecule has 3 aromatic carbocycles. The van der Waals surface area contributed by atoms with E-state index in [0.717, 1.165) is 15.8 Å². The van der Waals surface area contributed by atoms with E-state index in [2.05, 4.69) is 10.5 Å². The topological polar surface area (TPSA) is 81.1 Å². The highest BCUT2D eigenvalue weighted by molar-refractivity contribution is 7.22. The van der Waals surface area contributed by atoms with Gasteiger partial charge in [-0.1, -0.05) is 65.9 Å². The van der Waals surface area contributed by atoms with Gasteiger partial charge in [-0.2, -0.15) is 0 Å². The van der Waals surface area contributed by atoms with Gasteiger partial charge >= 0.3 is 5.97 Å². The number of para-hydroxylation sites is 2. The van der Waals surface area contributed by atoms with Gasteiger partial charge in [0.15, 0.2) is 5.84 Å². The van der Waals surface area contributed by atoms with Gasteiger partial charge in [0, 0.05) is 5.56 Å². The molecule has 1 aliphatic heterocycles. The van der Waals surface area contributed by atoms with Crippen molar-refractivity contribution in [1.29, 1.82) is 0 Å². The number of benzene rings is 3. The van der Waals surface area contributed by atoms with Gasteiger partial charge in [0.2, 0.25) is 5.13 Å². The fraction of sp³-hybridized carbons (Fsp3) is 0. The SMILES string of the molecule is O=C(O)c1ccccc1N1N=C(c2ccccc2)NN1c1nc2ccccc2s1. The second-order valence-corrected chi connectivity index (χ2v) is 7.32. The third-order valence-corrected chi connectivity index (χ3v) is 5.47. The molecule has 0 radical (unpaired) electrons.